The number of para-hydroxylation sites is 1. The van der Waals surface area contributed by atoms with Gasteiger partial charge in [-0.1, -0.05) is 48.6 Å². The maximum absolute atomic E-state index is 12.6. The zero-order chi connectivity index (χ0) is 22.8. The number of allylic oxidation sites excluding steroid dienone is 2. The van der Waals surface area contributed by atoms with E-state index in [1.807, 2.05) is 41.1 Å². The van der Waals surface area contributed by atoms with E-state index in [9.17, 15) is 4.79 Å². The molecule has 166 valence electrons. The molecular weight excluding hydrogens is 416 g/mol. The molecule has 8 nitrogen and oxygen atoms in total. The highest BCUT2D eigenvalue weighted by molar-refractivity contribution is 5.98. The molecule has 33 heavy (non-hydrogen) atoms. The molecule has 0 bridgehead atoms. The molecule has 5 rings (SSSR count). The fourth-order valence-corrected chi connectivity index (χ4v) is 4.14. The van der Waals surface area contributed by atoms with Gasteiger partial charge in [0, 0.05) is 12.1 Å². The van der Waals surface area contributed by atoms with E-state index in [-0.39, 0.29) is 11.9 Å². The summed E-state index contributed by atoms with van der Waals surface area (Å²) in [5.74, 6) is 0.775. The largest absolute Gasteiger partial charge is 0.496 e. The third-order valence-electron chi connectivity index (χ3n) is 5.85. The Labute approximate surface area is 191 Å². The molecule has 8 heteroatoms. The molecule has 1 amide bonds. The molecule has 2 aromatic carbocycles. The number of nitrogens with one attached hydrogen (secondary N) is 1. The van der Waals surface area contributed by atoms with Crippen LogP contribution in [0.4, 0.5) is 5.82 Å². The summed E-state index contributed by atoms with van der Waals surface area (Å²) in [6.45, 7) is 0.393. The lowest BCUT2D eigenvalue weighted by Gasteiger charge is -2.09. The summed E-state index contributed by atoms with van der Waals surface area (Å²) in [5, 5.41) is 8.57. The number of nitrogens with zero attached hydrogens (tertiary/aromatic N) is 4. The van der Waals surface area contributed by atoms with Crippen molar-refractivity contribution >= 4 is 22.8 Å². The summed E-state index contributed by atoms with van der Waals surface area (Å²) < 4.78 is 7.21. The zero-order valence-electron chi connectivity index (χ0n) is 18.2. The average molecular weight is 441 g/mol. The van der Waals surface area contributed by atoms with E-state index in [0.717, 1.165) is 40.7 Å². The number of hydrogen-bond acceptors (Lipinski definition) is 6. The van der Waals surface area contributed by atoms with E-state index in [2.05, 4.69) is 27.4 Å². The number of anilines is 1. The molecule has 1 aliphatic carbocycles. The Hall–Kier alpha value is -4.20. The molecule has 0 spiro atoms. The topological polar surface area (TPSA) is 108 Å². The standard InChI is InChI=1S/C25H24N6O2/c1-33-20-9-5-4-8-19(20)25(32)27-14-16-10-12-17(13-11-16)22-21-23(26)28-15-29-24(21)31(30-22)18-6-2-3-7-18/h2,4-6,8-13,15,18H,3,7,14H2,1H3,(H,27,32)(H2,26,28,29)/t18-/m0/s1. The van der Waals surface area contributed by atoms with E-state index in [0.29, 0.717) is 23.7 Å². The van der Waals surface area contributed by atoms with Crippen LogP contribution in [0.25, 0.3) is 22.3 Å². The van der Waals surface area contributed by atoms with Gasteiger partial charge in [-0.15, -0.1) is 0 Å². The number of methoxy groups -OCH3 is 1. The highest BCUT2D eigenvalue weighted by Crippen LogP contribution is 2.34. The summed E-state index contributed by atoms with van der Waals surface area (Å²) in [6, 6.07) is 15.2. The highest BCUT2D eigenvalue weighted by atomic mass is 16.5. The van der Waals surface area contributed by atoms with Crippen molar-refractivity contribution in [1.82, 2.24) is 25.1 Å². The fraction of sp³-hybridized carbons (Fsp3) is 0.200. The minimum Gasteiger partial charge on any atom is -0.496 e. The molecule has 0 radical (unpaired) electrons. The van der Waals surface area contributed by atoms with Gasteiger partial charge in [-0.25, -0.2) is 14.6 Å². The zero-order valence-corrected chi connectivity index (χ0v) is 18.2. The van der Waals surface area contributed by atoms with Crippen molar-refractivity contribution < 1.29 is 9.53 Å². The molecule has 2 heterocycles. The van der Waals surface area contributed by atoms with Gasteiger partial charge in [0.2, 0.25) is 0 Å². The van der Waals surface area contributed by atoms with E-state index >= 15 is 0 Å². The lowest BCUT2D eigenvalue weighted by molar-refractivity contribution is 0.0948. The first-order valence-electron chi connectivity index (χ1n) is 10.8. The van der Waals surface area contributed by atoms with Gasteiger partial charge in [0.25, 0.3) is 5.91 Å². The number of nitrogen functional groups attached to an aromatic ring is 1. The first-order chi connectivity index (χ1) is 16.2. The number of hydrogen-bond donors (Lipinski definition) is 2. The van der Waals surface area contributed by atoms with Crippen molar-refractivity contribution in [3.05, 3.63) is 78.1 Å². The first kappa shape index (κ1) is 20.7. The van der Waals surface area contributed by atoms with E-state index in [1.165, 1.54) is 6.33 Å². The van der Waals surface area contributed by atoms with Crippen LogP contribution in [-0.2, 0) is 6.54 Å². The van der Waals surface area contributed by atoms with E-state index in [4.69, 9.17) is 15.6 Å². The number of amides is 1. The molecule has 0 aliphatic heterocycles. The van der Waals surface area contributed by atoms with Gasteiger partial charge in [0.05, 0.1) is 24.1 Å². The predicted molar refractivity (Wildman–Crippen MR) is 127 cm³/mol. The molecule has 4 aromatic rings. The van der Waals surface area contributed by atoms with Crippen LogP contribution >= 0.6 is 0 Å². The molecule has 1 aliphatic rings. The first-order valence-corrected chi connectivity index (χ1v) is 10.8. The number of nitrogens with two attached hydrogens (primary N) is 1. The van der Waals surface area contributed by atoms with E-state index in [1.54, 1.807) is 19.2 Å². The van der Waals surface area contributed by atoms with Crippen LogP contribution in [0.15, 0.2) is 67.0 Å². The lowest BCUT2D eigenvalue weighted by Crippen LogP contribution is -2.23. The van der Waals surface area contributed by atoms with Crippen LogP contribution < -0.4 is 15.8 Å². The van der Waals surface area contributed by atoms with Gasteiger partial charge >= 0.3 is 0 Å². The van der Waals surface area contributed by atoms with Gasteiger partial charge < -0.3 is 15.8 Å². The second kappa shape index (κ2) is 8.74. The molecule has 3 N–H and O–H groups in total. The number of aromatic nitrogens is 4. The van der Waals surface area contributed by atoms with Crippen molar-refractivity contribution in [2.45, 2.75) is 25.4 Å². The van der Waals surface area contributed by atoms with Crippen LogP contribution in [0.5, 0.6) is 5.75 Å². The second-order valence-corrected chi connectivity index (χ2v) is 7.90. The molecule has 2 aromatic heterocycles. The number of rotatable bonds is 6. The average Bonchev–Trinajstić information content (AvgIpc) is 3.51. The van der Waals surface area contributed by atoms with E-state index < -0.39 is 0 Å². The number of carbonyl (C=O) groups excluding carboxylic acids is 1. The number of ether oxygens (including phenoxy) is 1. The van der Waals surface area contributed by atoms with Crippen LogP contribution in [0.1, 0.15) is 34.8 Å². The SMILES string of the molecule is COc1ccccc1C(=O)NCc1ccc(-c2nn([C@H]3C=CCC3)c3ncnc(N)c23)cc1. The van der Waals surface area contributed by atoms with Crippen molar-refractivity contribution in [3.63, 3.8) is 0 Å². The highest BCUT2D eigenvalue weighted by Gasteiger charge is 2.22. The lowest BCUT2D eigenvalue weighted by atomic mass is 10.1. The Morgan fingerprint density at radius 2 is 2.00 bits per heavy atom. The Morgan fingerprint density at radius 3 is 2.76 bits per heavy atom. The molecule has 1 atom stereocenters. The van der Waals surface area contributed by atoms with Crippen molar-refractivity contribution in [3.8, 4) is 17.0 Å². The Morgan fingerprint density at radius 1 is 1.18 bits per heavy atom. The van der Waals surface area contributed by atoms with Crippen molar-refractivity contribution in [2.24, 2.45) is 0 Å². The smallest absolute Gasteiger partial charge is 0.255 e. The fourth-order valence-electron chi connectivity index (χ4n) is 4.14. The van der Waals surface area contributed by atoms with Crippen LogP contribution in [0.2, 0.25) is 0 Å². The van der Waals surface area contributed by atoms with Gasteiger partial charge in [-0.3, -0.25) is 4.79 Å². The minimum atomic E-state index is -0.184. The normalized spacial score (nSPS) is 15.1. The predicted octanol–water partition coefficient (Wildman–Crippen LogP) is 3.91. The van der Waals surface area contributed by atoms with Crippen LogP contribution in [0, 0.1) is 0 Å². The Balaban J connectivity index is 1.39. The Kier molecular flexibility index (Phi) is 5.48. The quantitative estimate of drug-likeness (QED) is 0.440. The van der Waals surface area contributed by atoms with Crippen LogP contribution in [-0.4, -0.2) is 32.8 Å². The maximum atomic E-state index is 12.6. The molecular formula is C25H24N6O2. The summed E-state index contributed by atoms with van der Waals surface area (Å²) >= 11 is 0. The second-order valence-electron chi connectivity index (χ2n) is 7.90. The summed E-state index contributed by atoms with van der Waals surface area (Å²) in [7, 11) is 1.55. The summed E-state index contributed by atoms with van der Waals surface area (Å²) in [4.78, 5) is 21.2. The molecule has 0 saturated carbocycles. The minimum absolute atomic E-state index is 0.167. The maximum Gasteiger partial charge on any atom is 0.255 e. The molecule has 0 fully saturated rings. The van der Waals surface area contributed by atoms with Crippen molar-refractivity contribution in [2.75, 3.05) is 12.8 Å². The number of carbonyl (C=O) groups is 1. The molecule has 0 saturated heterocycles. The number of fused-ring (bicyclic) bond motifs is 1. The van der Waals surface area contributed by atoms with Gasteiger partial charge in [0.15, 0.2) is 5.65 Å². The number of benzene rings is 2. The monoisotopic (exact) mass is 440 g/mol. The summed E-state index contributed by atoms with van der Waals surface area (Å²) in [6.07, 6.45) is 7.81. The van der Waals surface area contributed by atoms with Crippen molar-refractivity contribution in [1.29, 1.82) is 0 Å². The third-order valence-corrected chi connectivity index (χ3v) is 5.85. The van der Waals surface area contributed by atoms with Gasteiger partial charge in [0.1, 0.15) is 23.6 Å². The van der Waals surface area contributed by atoms with Crippen LogP contribution in [0.3, 0.4) is 0 Å². The van der Waals surface area contributed by atoms with Gasteiger partial charge in [-0.2, -0.15) is 5.10 Å². The summed E-state index contributed by atoms with van der Waals surface area (Å²) in [5.41, 5.74) is 10.1. The van der Waals surface area contributed by atoms with Gasteiger partial charge in [-0.05, 0) is 30.5 Å². The molecule has 0 unspecified atom stereocenters. The third kappa shape index (κ3) is 3.91. The Bertz CT molecular complexity index is 1340.